The van der Waals surface area contributed by atoms with Crippen LogP contribution in [0.15, 0.2) is 23.8 Å². The van der Waals surface area contributed by atoms with E-state index in [0.717, 1.165) is 18.4 Å². The summed E-state index contributed by atoms with van der Waals surface area (Å²) in [6.45, 7) is 8.14. The van der Waals surface area contributed by atoms with Crippen LogP contribution in [0.2, 0.25) is 0 Å². The summed E-state index contributed by atoms with van der Waals surface area (Å²) < 4.78 is 0. The summed E-state index contributed by atoms with van der Waals surface area (Å²) in [6.07, 6.45) is 9.81. The van der Waals surface area contributed by atoms with Crippen LogP contribution in [0.1, 0.15) is 66.2 Å². The van der Waals surface area contributed by atoms with Crippen LogP contribution in [0.25, 0.3) is 0 Å². The molecule has 0 unspecified atom stereocenters. The van der Waals surface area contributed by atoms with Gasteiger partial charge in [0.15, 0.2) is 0 Å². The lowest BCUT2D eigenvalue weighted by Crippen LogP contribution is -2.30. The van der Waals surface area contributed by atoms with Crippen LogP contribution in [-0.4, -0.2) is 33.6 Å². The Morgan fingerprint density at radius 1 is 1.19 bits per heavy atom. The number of aliphatic hydroxyl groups excluding tert-OH is 2. The Hall–Kier alpha value is -0.640. The van der Waals surface area contributed by atoms with Gasteiger partial charge in [0.2, 0.25) is 0 Å². The molecular weight excluding hydrogens is 264 g/mol. The molecule has 0 heterocycles. The minimum absolute atomic E-state index is 0.0418. The summed E-state index contributed by atoms with van der Waals surface area (Å²) in [5.74, 6) is 0.347. The second kappa shape index (κ2) is 11.0. The zero-order chi connectivity index (χ0) is 16.3. The molecule has 0 bridgehead atoms. The zero-order valence-corrected chi connectivity index (χ0v) is 14.2. The van der Waals surface area contributed by atoms with Crippen LogP contribution in [0, 0.1) is 5.92 Å². The van der Waals surface area contributed by atoms with Gasteiger partial charge in [-0.3, -0.25) is 0 Å². The van der Waals surface area contributed by atoms with Gasteiger partial charge in [-0.25, -0.2) is 0 Å². The van der Waals surface area contributed by atoms with Crippen LogP contribution < -0.4 is 0 Å². The SMILES string of the molecule is CC/C=C/[C@H](CC)C[C@@](O)(/C=C(/CC)[C@@H](O)CCO)CC. The fourth-order valence-electron chi connectivity index (χ4n) is 2.52. The Bertz CT molecular complexity index is 322. The minimum atomic E-state index is -0.888. The number of rotatable bonds is 11. The van der Waals surface area contributed by atoms with Gasteiger partial charge in [-0.15, -0.1) is 0 Å². The van der Waals surface area contributed by atoms with Gasteiger partial charge in [0.1, 0.15) is 0 Å². The minimum Gasteiger partial charge on any atom is -0.396 e. The largest absolute Gasteiger partial charge is 0.396 e. The van der Waals surface area contributed by atoms with Gasteiger partial charge < -0.3 is 15.3 Å². The van der Waals surface area contributed by atoms with Crippen LogP contribution in [-0.2, 0) is 0 Å². The molecule has 0 amide bonds. The Morgan fingerprint density at radius 2 is 1.86 bits per heavy atom. The average Bonchev–Trinajstić information content (AvgIpc) is 2.49. The van der Waals surface area contributed by atoms with E-state index in [1.165, 1.54) is 0 Å². The van der Waals surface area contributed by atoms with E-state index in [2.05, 4.69) is 26.0 Å². The highest BCUT2D eigenvalue weighted by atomic mass is 16.3. The average molecular weight is 298 g/mol. The van der Waals surface area contributed by atoms with Crippen molar-refractivity contribution in [2.24, 2.45) is 5.92 Å². The first kappa shape index (κ1) is 20.4. The van der Waals surface area contributed by atoms with Gasteiger partial charge in [0.05, 0.1) is 11.7 Å². The van der Waals surface area contributed by atoms with Crippen LogP contribution in [0.4, 0.5) is 0 Å². The van der Waals surface area contributed by atoms with E-state index >= 15 is 0 Å². The van der Waals surface area contributed by atoms with E-state index in [-0.39, 0.29) is 6.61 Å². The molecule has 3 heteroatoms. The third kappa shape index (κ3) is 7.79. The van der Waals surface area contributed by atoms with Crippen molar-refractivity contribution in [2.45, 2.75) is 77.9 Å². The van der Waals surface area contributed by atoms with Crippen LogP contribution in [0.3, 0.4) is 0 Å². The van der Waals surface area contributed by atoms with Gasteiger partial charge >= 0.3 is 0 Å². The molecule has 0 aromatic rings. The molecule has 3 atom stereocenters. The molecule has 0 spiro atoms. The maximum Gasteiger partial charge on any atom is 0.0834 e. The normalized spacial score (nSPS) is 18.7. The molecule has 3 N–H and O–H groups in total. The summed E-state index contributed by atoms with van der Waals surface area (Å²) in [5.41, 5.74) is -0.0664. The van der Waals surface area contributed by atoms with Gasteiger partial charge in [-0.1, -0.05) is 45.9 Å². The summed E-state index contributed by atoms with van der Waals surface area (Å²) in [5, 5.41) is 29.9. The Labute approximate surface area is 130 Å². The zero-order valence-electron chi connectivity index (χ0n) is 14.2. The maximum atomic E-state index is 10.9. The Balaban J connectivity index is 5.08. The molecule has 0 aliphatic rings. The van der Waals surface area contributed by atoms with Crippen molar-refractivity contribution in [2.75, 3.05) is 6.61 Å². The van der Waals surface area contributed by atoms with Crippen molar-refractivity contribution in [3.05, 3.63) is 23.8 Å². The topological polar surface area (TPSA) is 60.7 Å². The molecule has 0 aromatic heterocycles. The molecule has 0 fully saturated rings. The van der Waals surface area contributed by atoms with Crippen molar-refractivity contribution in [1.82, 2.24) is 0 Å². The lowest BCUT2D eigenvalue weighted by atomic mass is 9.84. The van der Waals surface area contributed by atoms with Crippen molar-refractivity contribution >= 4 is 0 Å². The first-order valence-corrected chi connectivity index (χ1v) is 8.35. The summed E-state index contributed by atoms with van der Waals surface area (Å²) in [7, 11) is 0. The number of aliphatic hydroxyl groups is 3. The Morgan fingerprint density at radius 3 is 2.29 bits per heavy atom. The first-order chi connectivity index (χ1) is 9.96. The van der Waals surface area contributed by atoms with Gasteiger partial charge in [-0.05, 0) is 43.6 Å². The lowest BCUT2D eigenvalue weighted by molar-refractivity contribution is 0.0611. The number of allylic oxidation sites excluding steroid dienone is 2. The highest BCUT2D eigenvalue weighted by Crippen LogP contribution is 2.28. The van der Waals surface area contributed by atoms with E-state index in [4.69, 9.17) is 5.11 Å². The molecule has 21 heavy (non-hydrogen) atoms. The monoisotopic (exact) mass is 298 g/mol. The summed E-state index contributed by atoms with van der Waals surface area (Å²) in [4.78, 5) is 0. The van der Waals surface area contributed by atoms with E-state index in [1.54, 1.807) is 0 Å². The van der Waals surface area contributed by atoms with E-state index in [1.807, 2.05) is 19.9 Å². The number of hydrogen-bond donors (Lipinski definition) is 3. The third-order valence-electron chi connectivity index (χ3n) is 4.09. The van der Waals surface area contributed by atoms with Crippen molar-refractivity contribution < 1.29 is 15.3 Å². The molecule has 0 aromatic carbocycles. The smallest absolute Gasteiger partial charge is 0.0834 e. The van der Waals surface area contributed by atoms with Crippen molar-refractivity contribution in [1.29, 1.82) is 0 Å². The van der Waals surface area contributed by atoms with Gasteiger partial charge in [-0.2, -0.15) is 0 Å². The second-order valence-corrected chi connectivity index (χ2v) is 5.77. The predicted octanol–water partition coefficient (Wildman–Crippen LogP) is 3.59. The van der Waals surface area contributed by atoms with Crippen LogP contribution >= 0.6 is 0 Å². The summed E-state index contributed by atoms with van der Waals surface area (Å²) >= 11 is 0. The van der Waals surface area contributed by atoms with E-state index in [0.29, 0.717) is 31.6 Å². The van der Waals surface area contributed by atoms with E-state index in [9.17, 15) is 10.2 Å². The highest BCUT2D eigenvalue weighted by Gasteiger charge is 2.26. The molecular formula is C18H34O3. The van der Waals surface area contributed by atoms with E-state index < -0.39 is 11.7 Å². The second-order valence-electron chi connectivity index (χ2n) is 5.77. The molecule has 124 valence electrons. The molecule has 0 saturated heterocycles. The molecule has 0 saturated carbocycles. The maximum absolute atomic E-state index is 10.9. The fourth-order valence-corrected chi connectivity index (χ4v) is 2.52. The number of hydrogen-bond acceptors (Lipinski definition) is 3. The predicted molar refractivity (Wildman–Crippen MR) is 89.2 cm³/mol. The Kier molecular flexibility index (Phi) is 10.7. The molecule has 0 aliphatic carbocycles. The first-order valence-electron chi connectivity index (χ1n) is 8.35. The molecule has 0 rings (SSSR count). The lowest BCUT2D eigenvalue weighted by Gasteiger charge is -2.29. The molecule has 3 nitrogen and oxygen atoms in total. The van der Waals surface area contributed by atoms with Crippen LogP contribution in [0.5, 0.6) is 0 Å². The summed E-state index contributed by atoms with van der Waals surface area (Å²) in [6, 6.07) is 0. The molecule has 0 aliphatic heterocycles. The van der Waals surface area contributed by atoms with Crippen molar-refractivity contribution in [3.8, 4) is 0 Å². The van der Waals surface area contributed by atoms with Gasteiger partial charge in [0.25, 0.3) is 0 Å². The third-order valence-corrected chi connectivity index (χ3v) is 4.09. The molecule has 0 radical (unpaired) electrons. The quantitative estimate of drug-likeness (QED) is 0.511. The van der Waals surface area contributed by atoms with Gasteiger partial charge in [0, 0.05) is 13.0 Å². The highest BCUT2D eigenvalue weighted by molar-refractivity contribution is 5.15. The van der Waals surface area contributed by atoms with Crippen molar-refractivity contribution in [3.63, 3.8) is 0 Å². The fraction of sp³-hybridized carbons (Fsp3) is 0.778. The standard InChI is InChI=1S/C18H34O3/c1-5-9-10-15(6-2)13-18(21,8-4)14-16(7-3)17(20)11-12-19/h9-10,14-15,17,19-21H,5-8,11-13H2,1-4H3/b10-9+,16-14-/t15-,17-,18+/m0/s1.